The minimum atomic E-state index is -0.417. The van der Waals surface area contributed by atoms with Crippen LogP contribution in [0.25, 0.3) is 11.0 Å². The number of rotatable bonds is 5. The molecule has 2 aromatic heterocycles. The van der Waals surface area contributed by atoms with Crippen LogP contribution in [-0.4, -0.2) is 21.2 Å². The second-order valence-corrected chi connectivity index (χ2v) is 7.79. The van der Waals surface area contributed by atoms with Gasteiger partial charge in [-0.15, -0.1) is 11.8 Å². The second-order valence-electron chi connectivity index (χ2n) is 5.99. The standard InChI is InChI=1S/C18H17Cl2N3O3S/c1-22-16-14(17(24)23(2)18(22)25)15(11(7-21-16)8-26-3)27-9-10-4-5-12(19)13(20)6-10/h4-7H,8-9H2,1-3H3. The maximum atomic E-state index is 12.8. The summed E-state index contributed by atoms with van der Waals surface area (Å²) in [7, 11) is 4.64. The van der Waals surface area contributed by atoms with Crippen LogP contribution in [0.2, 0.25) is 10.0 Å². The van der Waals surface area contributed by atoms with Gasteiger partial charge in [-0.1, -0.05) is 29.3 Å². The number of fused-ring (bicyclic) bond motifs is 1. The van der Waals surface area contributed by atoms with Gasteiger partial charge in [0.1, 0.15) is 5.65 Å². The van der Waals surface area contributed by atoms with Gasteiger partial charge in [-0.3, -0.25) is 13.9 Å². The number of ether oxygens (including phenoxy) is 1. The lowest BCUT2D eigenvalue weighted by Crippen LogP contribution is -2.37. The Kier molecular flexibility index (Phi) is 5.95. The minimum absolute atomic E-state index is 0.304. The van der Waals surface area contributed by atoms with Crippen molar-refractivity contribution in [3.63, 3.8) is 0 Å². The van der Waals surface area contributed by atoms with Gasteiger partial charge >= 0.3 is 5.69 Å². The van der Waals surface area contributed by atoms with E-state index in [0.29, 0.717) is 33.4 Å². The van der Waals surface area contributed by atoms with Gasteiger partial charge in [-0.2, -0.15) is 0 Å². The van der Waals surface area contributed by atoms with E-state index in [-0.39, 0.29) is 5.56 Å². The molecule has 3 aromatic rings. The summed E-state index contributed by atoms with van der Waals surface area (Å²) in [5, 5.41) is 1.37. The molecule has 6 nitrogen and oxygen atoms in total. The summed E-state index contributed by atoms with van der Waals surface area (Å²) in [6, 6.07) is 5.42. The van der Waals surface area contributed by atoms with Crippen LogP contribution in [0.15, 0.2) is 38.9 Å². The Balaban J connectivity index is 2.16. The molecule has 0 radical (unpaired) electrons. The average Bonchev–Trinajstić information content (AvgIpc) is 2.66. The Labute approximate surface area is 169 Å². The molecule has 0 saturated carbocycles. The zero-order valence-corrected chi connectivity index (χ0v) is 17.3. The fraction of sp³-hybridized carbons (Fsp3) is 0.278. The van der Waals surface area contributed by atoms with Gasteiger partial charge < -0.3 is 4.74 Å². The number of aromatic nitrogens is 3. The summed E-state index contributed by atoms with van der Waals surface area (Å²) < 4.78 is 7.72. The van der Waals surface area contributed by atoms with E-state index in [1.165, 1.54) is 23.4 Å². The van der Waals surface area contributed by atoms with E-state index in [9.17, 15) is 9.59 Å². The second kappa shape index (κ2) is 8.06. The molecule has 1 aromatic carbocycles. The van der Waals surface area contributed by atoms with E-state index in [2.05, 4.69) is 4.98 Å². The highest BCUT2D eigenvalue weighted by Crippen LogP contribution is 2.32. The van der Waals surface area contributed by atoms with Crippen molar-refractivity contribution < 1.29 is 4.74 Å². The van der Waals surface area contributed by atoms with E-state index in [4.69, 9.17) is 27.9 Å². The fourth-order valence-corrected chi connectivity index (χ4v) is 4.18. The number of thioether (sulfide) groups is 1. The molecule has 0 aliphatic heterocycles. The molecule has 0 aliphatic rings. The molecular formula is C18H17Cl2N3O3S. The van der Waals surface area contributed by atoms with Gasteiger partial charge in [0.2, 0.25) is 0 Å². The lowest BCUT2D eigenvalue weighted by molar-refractivity contribution is 0.183. The van der Waals surface area contributed by atoms with Crippen LogP contribution < -0.4 is 11.2 Å². The smallest absolute Gasteiger partial charge is 0.332 e. The number of nitrogens with zero attached hydrogens (tertiary/aromatic N) is 3. The van der Waals surface area contributed by atoms with Crippen LogP contribution >= 0.6 is 35.0 Å². The van der Waals surface area contributed by atoms with E-state index in [1.54, 1.807) is 32.5 Å². The molecule has 142 valence electrons. The summed E-state index contributed by atoms with van der Waals surface area (Å²) >= 11 is 13.5. The van der Waals surface area contributed by atoms with Crippen LogP contribution in [0, 0.1) is 0 Å². The molecule has 0 spiro atoms. The van der Waals surface area contributed by atoms with E-state index < -0.39 is 5.69 Å². The summed E-state index contributed by atoms with van der Waals surface area (Å²) in [5.74, 6) is 0.568. The third-order valence-corrected chi connectivity index (χ3v) is 6.13. The Morgan fingerprint density at radius 1 is 1.15 bits per heavy atom. The highest BCUT2D eigenvalue weighted by Gasteiger charge is 2.18. The van der Waals surface area contributed by atoms with E-state index >= 15 is 0 Å². The summed E-state index contributed by atoms with van der Waals surface area (Å²) in [5.41, 5.74) is 1.30. The lowest BCUT2D eigenvalue weighted by Gasteiger charge is -2.14. The normalized spacial score (nSPS) is 11.3. The molecule has 27 heavy (non-hydrogen) atoms. The van der Waals surface area contributed by atoms with Gasteiger partial charge in [0.25, 0.3) is 5.56 Å². The highest BCUT2D eigenvalue weighted by molar-refractivity contribution is 7.98. The zero-order chi connectivity index (χ0) is 19.7. The number of hydrogen-bond acceptors (Lipinski definition) is 5. The first kappa shape index (κ1) is 19.9. The molecule has 0 aliphatic carbocycles. The SMILES string of the molecule is COCc1cnc2c(c1SCc1ccc(Cl)c(Cl)c1)c(=O)n(C)c(=O)n2C. The average molecular weight is 426 g/mol. The highest BCUT2D eigenvalue weighted by atomic mass is 35.5. The number of methoxy groups -OCH3 is 1. The molecule has 0 bridgehead atoms. The molecule has 0 saturated heterocycles. The topological polar surface area (TPSA) is 66.1 Å². The number of pyridine rings is 1. The van der Waals surface area contributed by atoms with Crippen LogP contribution in [-0.2, 0) is 31.2 Å². The Morgan fingerprint density at radius 2 is 1.89 bits per heavy atom. The van der Waals surface area contributed by atoms with Crippen molar-refractivity contribution in [2.75, 3.05) is 7.11 Å². The quantitative estimate of drug-likeness (QED) is 0.586. The predicted octanol–water partition coefficient (Wildman–Crippen LogP) is 3.38. The monoisotopic (exact) mass is 425 g/mol. The molecule has 0 amide bonds. The number of aryl methyl sites for hydroxylation is 1. The molecule has 0 unspecified atom stereocenters. The number of hydrogen-bond donors (Lipinski definition) is 0. The molecule has 0 fully saturated rings. The lowest BCUT2D eigenvalue weighted by atomic mass is 10.2. The van der Waals surface area contributed by atoms with E-state index in [0.717, 1.165) is 20.6 Å². The maximum Gasteiger partial charge on any atom is 0.332 e. The van der Waals surface area contributed by atoms with Crippen molar-refractivity contribution in [2.24, 2.45) is 14.1 Å². The van der Waals surface area contributed by atoms with Crippen molar-refractivity contribution in [1.29, 1.82) is 0 Å². The van der Waals surface area contributed by atoms with Gasteiger partial charge in [0.15, 0.2) is 0 Å². The summed E-state index contributed by atoms with van der Waals surface area (Å²) in [4.78, 5) is 30.1. The van der Waals surface area contributed by atoms with Gasteiger partial charge in [-0.25, -0.2) is 9.78 Å². The number of halogens is 2. The number of benzene rings is 1. The third-order valence-electron chi connectivity index (χ3n) is 4.16. The summed E-state index contributed by atoms with van der Waals surface area (Å²) in [6.45, 7) is 0.304. The Morgan fingerprint density at radius 3 is 2.56 bits per heavy atom. The van der Waals surface area contributed by atoms with Crippen molar-refractivity contribution in [3.8, 4) is 0 Å². The van der Waals surface area contributed by atoms with Gasteiger partial charge in [0, 0.05) is 43.6 Å². The fourth-order valence-electron chi connectivity index (χ4n) is 2.75. The van der Waals surface area contributed by atoms with Crippen LogP contribution in [0.4, 0.5) is 0 Å². The van der Waals surface area contributed by atoms with Gasteiger partial charge in [-0.05, 0) is 17.7 Å². The van der Waals surface area contributed by atoms with Crippen LogP contribution in [0.5, 0.6) is 0 Å². The predicted molar refractivity (Wildman–Crippen MR) is 109 cm³/mol. The largest absolute Gasteiger partial charge is 0.380 e. The van der Waals surface area contributed by atoms with Crippen molar-refractivity contribution in [2.45, 2.75) is 17.3 Å². The first-order chi connectivity index (χ1) is 12.8. The van der Waals surface area contributed by atoms with Crippen LogP contribution in [0.3, 0.4) is 0 Å². The first-order valence-electron chi connectivity index (χ1n) is 7.98. The molecular weight excluding hydrogens is 409 g/mol. The molecule has 0 N–H and O–H groups in total. The Bertz CT molecular complexity index is 1140. The van der Waals surface area contributed by atoms with Gasteiger partial charge in [0.05, 0.1) is 22.0 Å². The third kappa shape index (κ3) is 3.78. The first-order valence-corrected chi connectivity index (χ1v) is 9.72. The van der Waals surface area contributed by atoms with E-state index in [1.807, 2.05) is 6.07 Å². The Hall–Kier alpha value is -1.80. The summed E-state index contributed by atoms with van der Waals surface area (Å²) in [6.07, 6.45) is 1.64. The van der Waals surface area contributed by atoms with Crippen molar-refractivity contribution in [1.82, 2.24) is 14.1 Å². The molecule has 3 rings (SSSR count). The van der Waals surface area contributed by atoms with Crippen molar-refractivity contribution in [3.05, 3.63) is 66.4 Å². The molecule has 2 heterocycles. The maximum absolute atomic E-state index is 12.8. The van der Waals surface area contributed by atoms with Crippen molar-refractivity contribution >= 4 is 46.0 Å². The van der Waals surface area contributed by atoms with Crippen LogP contribution in [0.1, 0.15) is 11.1 Å². The minimum Gasteiger partial charge on any atom is -0.380 e. The zero-order valence-electron chi connectivity index (χ0n) is 15.0. The molecule has 9 heteroatoms. The molecule has 0 atom stereocenters.